The van der Waals surface area contributed by atoms with E-state index < -0.39 is 11.8 Å². The number of carbonyl (C=O) groups excluding carboxylic acids is 2. The maximum Gasteiger partial charge on any atom is 0.283 e. The third-order valence-corrected chi connectivity index (χ3v) is 4.23. The van der Waals surface area contributed by atoms with Crippen LogP contribution in [0.15, 0.2) is 53.2 Å². The summed E-state index contributed by atoms with van der Waals surface area (Å²) in [6.07, 6.45) is 0. The Morgan fingerprint density at radius 1 is 0.917 bits per heavy atom. The van der Waals surface area contributed by atoms with Gasteiger partial charge in [0.25, 0.3) is 11.8 Å². The summed E-state index contributed by atoms with van der Waals surface area (Å²) >= 11 is 6.16. The van der Waals surface area contributed by atoms with E-state index in [1.54, 1.807) is 12.1 Å². The van der Waals surface area contributed by atoms with E-state index in [9.17, 15) is 9.59 Å². The number of amides is 2. The number of imide groups is 1. The van der Waals surface area contributed by atoms with Crippen LogP contribution in [-0.4, -0.2) is 11.8 Å². The number of nitrogens with one attached hydrogen (secondary N) is 1. The fourth-order valence-corrected chi connectivity index (χ4v) is 3.05. The summed E-state index contributed by atoms with van der Waals surface area (Å²) in [5.74, 6) is -0.957. The topological polar surface area (TPSA) is 49.4 Å². The average molecular weight is 341 g/mol. The summed E-state index contributed by atoms with van der Waals surface area (Å²) in [6.45, 7) is 5.78. The van der Waals surface area contributed by atoms with Crippen LogP contribution in [0.5, 0.6) is 0 Å². The van der Waals surface area contributed by atoms with Crippen molar-refractivity contribution in [1.82, 2.24) is 0 Å². The van der Waals surface area contributed by atoms with Crippen molar-refractivity contribution in [2.45, 2.75) is 20.8 Å². The standard InChI is InChI=1S/C19H17ClN2O2/c1-11-8-12(2)10-14(9-11)21-17-16(20)18(23)22(19(17)24)15-7-5-4-6-13(15)3/h4-10,21H,1-3H3. The summed E-state index contributed by atoms with van der Waals surface area (Å²) in [4.78, 5) is 26.3. The van der Waals surface area contributed by atoms with Gasteiger partial charge in [0, 0.05) is 5.69 Å². The minimum atomic E-state index is -0.511. The van der Waals surface area contributed by atoms with Gasteiger partial charge in [-0.15, -0.1) is 0 Å². The highest BCUT2D eigenvalue weighted by atomic mass is 35.5. The van der Waals surface area contributed by atoms with Crippen molar-refractivity contribution in [2.75, 3.05) is 10.2 Å². The fourth-order valence-electron chi connectivity index (χ4n) is 2.84. The molecule has 0 spiro atoms. The highest BCUT2D eigenvalue weighted by Gasteiger charge is 2.39. The molecule has 1 N–H and O–H groups in total. The number of carbonyl (C=O) groups is 2. The lowest BCUT2D eigenvalue weighted by molar-refractivity contribution is -0.120. The summed E-state index contributed by atoms with van der Waals surface area (Å²) in [5.41, 5.74) is 4.33. The summed E-state index contributed by atoms with van der Waals surface area (Å²) < 4.78 is 0. The van der Waals surface area contributed by atoms with Gasteiger partial charge >= 0.3 is 0 Å². The summed E-state index contributed by atoms with van der Waals surface area (Å²) in [6, 6.07) is 13.0. The first-order chi connectivity index (χ1) is 11.4. The van der Waals surface area contributed by atoms with E-state index in [2.05, 4.69) is 5.32 Å². The highest BCUT2D eigenvalue weighted by molar-refractivity contribution is 6.53. The predicted molar refractivity (Wildman–Crippen MR) is 96.1 cm³/mol. The second kappa shape index (κ2) is 6.13. The van der Waals surface area contributed by atoms with Gasteiger partial charge in [-0.3, -0.25) is 9.59 Å². The molecule has 0 saturated heterocycles. The maximum absolute atomic E-state index is 12.8. The van der Waals surface area contributed by atoms with Gasteiger partial charge in [-0.2, -0.15) is 0 Å². The van der Waals surface area contributed by atoms with Crippen molar-refractivity contribution >= 4 is 34.8 Å². The molecule has 0 atom stereocenters. The number of rotatable bonds is 3. The van der Waals surface area contributed by atoms with E-state index in [0.717, 1.165) is 27.3 Å². The molecule has 4 nitrogen and oxygen atoms in total. The van der Waals surface area contributed by atoms with E-state index >= 15 is 0 Å². The van der Waals surface area contributed by atoms with Gasteiger partial charge < -0.3 is 5.32 Å². The van der Waals surface area contributed by atoms with Crippen LogP contribution in [0, 0.1) is 20.8 Å². The van der Waals surface area contributed by atoms with Crippen LogP contribution in [0.4, 0.5) is 11.4 Å². The first-order valence-corrected chi connectivity index (χ1v) is 7.96. The van der Waals surface area contributed by atoms with Gasteiger partial charge in [0.15, 0.2) is 0 Å². The molecule has 2 aromatic carbocycles. The Morgan fingerprint density at radius 2 is 1.54 bits per heavy atom. The Balaban J connectivity index is 1.96. The van der Waals surface area contributed by atoms with Crippen LogP contribution < -0.4 is 10.2 Å². The minimum Gasteiger partial charge on any atom is -0.350 e. The van der Waals surface area contributed by atoms with Crippen LogP contribution in [0.1, 0.15) is 16.7 Å². The number of nitrogens with zero attached hydrogens (tertiary/aromatic N) is 1. The lowest BCUT2D eigenvalue weighted by Gasteiger charge is -2.17. The first-order valence-electron chi connectivity index (χ1n) is 7.58. The molecule has 24 heavy (non-hydrogen) atoms. The number of aryl methyl sites for hydroxylation is 3. The zero-order valence-electron chi connectivity index (χ0n) is 13.7. The predicted octanol–water partition coefficient (Wildman–Crippen LogP) is 4.05. The van der Waals surface area contributed by atoms with E-state index in [0.29, 0.717) is 5.69 Å². The Morgan fingerprint density at radius 3 is 2.17 bits per heavy atom. The van der Waals surface area contributed by atoms with Crippen molar-refractivity contribution in [2.24, 2.45) is 0 Å². The van der Waals surface area contributed by atoms with Gasteiger partial charge in [0.2, 0.25) is 0 Å². The zero-order chi connectivity index (χ0) is 17.4. The van der Waals surface area contributed by atoms with Gasteiger partial charge in [-0.05, 0) is 55.7 Å². The molecule has 1 aliphatic rings. The van der Waals surface area contributed by atoms with Crippen LogP contribution >= 0.6 is 11.6 Å². The van der Waals surface area contributed by atoms with Crippen molar-refractivity contribution in [1.29, 1.82) is 0 Å². The molecule has 5 heteroatoms. The largest absolute Gasteiger partial charge is 0.350 e. The summed E-state index contributed by atoms with van der Waals surface area (Å²) in [5, 5.41) is 2.91. The molecule has 0 aliphatic carbocycles. The number of anilines is 2. The number of hydrogen-bond acceptors (Lipinski definition) is 3. The highest BCUT2D eigenvalue weighted by Crippen LogP contribution is 2.32. The normalized spacial score (nSPS) is 14.6. The van der Waals surface area contributed by atoms with Crippen molar-refractivity contribution in [3.63, 3.8) is 0 Å². The Labute approximate surface area is 145 Å². The van der Waals surface area contributed by atoms with E-state index in [-0.39, 0.29) is 10.7 Å². The van der Waals surface area contributed by atoms with Crippen molar-refractivity contribution in [3.05, 3.63) is 69.9 Å². The fraction of sp³-hybridized carbons (Fsp3) is 0.158. The lowest BCUT2D eigenvalue weighted by Crippen LogP contribution is -2.32. The Kier molecular flexibility index (Phi) is 4.16. The summed E-state index contributed by atoms with van der Waals surface area (Å²) in [7, 11) is 0. The molecular formula is C19H17ClN2O2. The molecule has 2 amide bonds. The maximum atomic E-state index is 12.8. The van der Waals surface area contributed by atoms with Crippen LogP contribution in [0.2, 0.25) is 0 Å². The molecule has 1 aliphatic heterocycles. The minimum absolute atomic E-state index is 0.0950. The van der Waals surface area contributed by atoms with E-state index in [1.165, 1.54) is 0 Å². The molecule has 122 valence electrons. The molecule has 0 fully saturated rings. The number of hydrogen-bond donors (Lipinski definition) is 1. The lowest BCUT2D eigenvalue weighted by atomic mass is 10.1. The SMILES string of the molecule is Cc1cc(C)cc(NC2=C(Cl)C(=O)N(c3ccccc3C)C2=O)c1. The van der Waals surface area contributed by atoms with Gasteiger partial charge in [0.05, 0.1) is 5.69 Å². The van der Waals surface area contributed by atoms with E-state index in [1.807, 2.05) is 51.1 Å². The molecule has 3 rings (SSSR count). The number of halogens is 1. The number of benzene rings is 2. The van der Waals surface area contributed by atoms with Crippen LogP contribution in [-0.2, 0) is 9.59 Å². The quantitative estimate of drug-likeness (QED) is 0.858. The second-order valence-electron chi connectivity index (χ2n) is 5.92. The molecule has 1 heterocycles. The third-order valence-electron chi connectivity index (χ3n) is 3.87. The Bertz CT molecular complexity index is 866. The van der Waals surface area contributed by atoms with Crippen molar-refractivity contribution in [3.8, 4) is 0 Å². The monoisotopic (exact) mass is 340 g/mol. The zero-order valence-corrected chi connectivity index (χ0v) is 14.4. The van der Waals surface area contributed by atoms with E-state index in [4.69, 9.17) is 11.6 Å². The Hall–Kier alpha value is -2.59. The van der Waals surface area contributed by atoms with Crippen LogP contribution in [0.25, 0.3) is 0 Å². The van der Waals surface area contributed by atoms with Gasteiger partial charge in [-0.25, -0.2) is 4.90 Å². The van der Waals surface area contributed by atoms with Crippen LogP contribution in [0.3, 0.4) is 0 Å². The van der Waals surface area contributed by atoms with Crippen molar-refractivity contribution < 1.29 is 9.59 Å². The second-order valence-corrected chi connectivity index (χ2v) is 6.30. The van der Waals surface area contributed by atoms with Gasteiger partial charge in [0.1, 0.15) is 10.7 Å². The molecule has 0 radical (unpaired) electrons. The molecule has 0 bridgehead atoms. The molecule has 2 aromatic rings. The molecule has 0 unspecified atom stereocenters. The molecular weight excluding hydrogens is 324 g/mol. The smallest absolute Gasteiger partial charge is 0.283 e. The molecule has 0 saturated carbocycles. The number of para-hydroxylation sites is 1. The molecule has 0 aromatic heterocycles. The van der Waals surface area contributed by atoms with Gasteiger partial charge in [-0.1, -0.05) is 35.9 Å². The average Bonchev–Trinajstić information content (AvgIpc) is 2.71. The first kappa shape index (κ1) is 16.3. The third kappa shape index (κ3) is 2.81.